The molecule has 2 aromatic rings. The summed E-state index contributed by atoms with van der Waals surface area (Å²) >= 11 is 1.76. The molecule has 0 spiro atoms. The average Bonchev–Trinajstić information content (AvgIpc) is 3.22. The zero-order valence-electron chi connectivity index (χ0n) is 15.6. The van der Waals surface area contributed by atoms with E-state index in [1.54, 1.807) is 30.5 Å². The predicted molar refractivity (Wildman–Crippen MR) is 107 cm³/mol. The topological polar surface area (TPSA) is 39.7 Å². The molecule has 0 saturated heterocycles. The molecule has 1 aromatic heterocycles. The molecule has 0 amide bonds. The van der Waals surface area contributed by atoms with Gasteiger partial charge in [-0.1, -0.05) is 24.3 Å². The van der Waals surface area contributed by atoms with Gasteiger partial charge in [0.2, 0.25) is 0 Å². The van der Waals surface area contributed by atoms with Crippen molar-refractivity contribution in [3.8, 4) is 0 Å². The van der Waals surface area contributed by atoms with Crippen molar-refractivity contribution in [3.05, 3.63) is 58.0 Å². The van der Waals surface area contributed by atoms with E-state index >= 15 is 0 Å². The summed E-state index contributed by atoms with van der Waals surface area (Å²) in [5, 5.41) is 8.91. The molecular formula is C20H27FN4S. The lowest BCUT2D eigenvalue weighted by molar-refractivity contribution is 0.302. The monoisotopic (exact) mass is 374 g/mol. The standard InChI is InChI=1S/C20H27FN4S/c1-22-19(23-13-17(25(2)3)18-9-6-12-26-18)24-14-20(10-11-20)15-7-4-5-8-16(15)21/h4-9,12,17H,10-11,13-14H2,1-3H3,(H2,22,23,24). The zero-order valence-corrected chi connectivity index (χ0v) is 16.4. The molecule has 0 radical (unpaired) electrons. The molecule has 140 valence electrons. The number of aliphatic imine (C=N–C) groups is 1. The molecule has 1 saturated carbocycles. The Bertz CT molecular complexity index is 738. The van der Waals surface area contributed by atoms with Crippen molar-refractivity contribution in [3.63, 3.8) is 0 Å². The van der Waals surface area contributed by atoms with Gasteiger partial charge in [0.05, 0.1) is 6.04 Å². The second kappa shape index (κ2) is 8.18. The molecule has 1 fully saturated rings. The molecular weight excluding hydrogens is 347 g/mol. The van der Waals surface area contributed by atoms with Gasteiger partial charge >= 0.3 is 0 Å². The molecule has 0 aliphatic heterocycles. The summed E-state index contributed by atoms with van der Waals surface area (Å²) in [7, 11) is 5.94. The summed E-state index contributed by atoms with van der Waals surface area (Å²) in [6, 6.07) is 11.6. The van der Waals surface area contributed by atoms with E-state index < -0.39 is 0 Å². The highest BCUT2D eigenvalue weighted by atomic mass is 32.1. The van der Waals surface area contributed by atoms with Crippen LogP contribution in [0.3, 0.4) is 0 Å². The van der Waals surface area contributed by atoms with Crippen LogP contribution in [-0.4, -0.2) is 45.1 Å². The minimum atomic E-state index is -0.111. The molecule has 1 aliphatic rings. The van der Waals surface area contributed by atoms with Gasteiger partial charge in [-0.2, -0.15) is 0 Å². The van der Waals surface area contributed by atoms with Crippen molar-refractivity contribution in [1.29, 1.82) is 0 Å². The van der Waals surface area contributed by atoms with Crippen LogP contribution in [0.5, 0.6) is 0 Å². The van der Waals surface area contributed by atoms with E-state index in [0.717, 1.165) is 30.9 Å². The average molecular weight is 375 g/mol. The SMILES string of the molecule is CN=C(NCC(c1cccs1)N(C)C)NCC1(c2ccccc2F)CC1. The maximum absolute atomic E-state index is 14.2. The van der Waals surface area contributed by atoms with Gasteiger partial charge in [0.15, 0.2) is 5.96 Å². The molecule has 1 aromatic carbocycles. The van der Waals surface area contributed by atoms with Crippen molar-refractivity contribution in [1.82, 2.24) is 15.5 Å². The normalized spacial score (nSPS) is 17.2. The molecule has 6 heteroatoms. The van der Waals surface area contributed by atoms with Crippen LogP contribution in [0.2, 0.25) is 0 Å². The summed E-state index contributed by atoms with van der Waals surface area (Å²) in [5.74, 6) is 0.649. The van der Waals surface area contributed by atoms with E-state index in [0.29, 0.717) is 6.54 Å². The van der Waals surface area contributed by atoms with Crippen LogP contribution in [-0.2, 0) is 5.41 Å². The number of hydrogen-bond donors (Lipinski definition) is 2. The van der Waals surface area contributed by atoms with E-state index in [9.17, 15) is 4.39 Å². The highest BCUT2D eigenvalue weighted by molar-refractivity contribution is 7.10. The second-order valence-corrected chi connectivity index (χ2v) is 8.04. The summed E-state index contributed by atoms with van der Waals surface area (Å²) in [5.41, 5.74) is 0.713. The van der Waals surface area contributed by atoms with Gasteiger partial charge in [0.1, 0.15) is 5.82 Å². The molecule has 1 heterocycles. The lowest BCUT2D eigenvalue weighted by Gasteiger charge is -2.25. The van der Waals surface area contributed by atoms with Crippen LogP contribution in [0.15, 0.2) is 46.8 Å². The maximum Gasteiger partial charge on any atom is 0.191 e. The number of hydrogen-bond acceptors (Lipinski definition) is 3. The lowest BCUT2D eigenvalue weighted by atomic mass is 9.95. The first kappa shape index (κ1) is 18.9. The first-order valence-corrected chi connectivity index (χ1v) is 9.83. The Morgan fingerprint density at radius 1 is 1.23 bits per heavy atom. The number of nitrogens with zero attached hydrogens (tertiary/aromatic N) is 2. The molecule has 1 atom stereocenters. The number of benzene rings is 1. The van der Waals surface area contributed by atoms with Crippen LogP contribution in [0.4, 0.5) is 4.39 Å². The smallest absolute Gasteiger partial charge is 0.191 e. The van der Waals surface area contributed by atoms with E-state index in [-0.39, 0.29) is 17.3 Å². The van der Waals surface area contributed by atoms with Gasteiger partial charge < -0.3 is 15.5 Å². The van der Waals surface area contributed by atoms with Crippen LogP contribution in [0.1, 0.15) is 29.3 Å². The van der Waals surface area contributed by atoms with Crippen LogP contribution in [0.25, 0.3) is 0 Å². The zero-order chi connectivity index (χ0) is 18.6. The van der Waals surface area contributed by atoms with Crippen LogP contribution in [0, 0.1) is 5.82 Å². The Balaban J connectivity index is 1.58. The number of halogens is 1. The van der Waals surface area contributed by atoms with Gasteiger partial charge in [0, 0.05) is 30.4 Å². The number of rotatable bonds is 7. The maximum atomic E-state index is 14.2. The van der Waals surface area contributed by atoms with Crippen molar-refractivity contribution < 1.29 is 4.39 Å². The Labute approximate surface area is 159 Å². The Kier molecular flexibility index (Phi) is 5.94. The molecule has 4 nitrogen and oxygen atoms in total. The van der Waals surface area contributed by atoms with Gasteiger partial charge in [0.25, 0.3) is 0 Å². The Hall–Kier alpha value is -1.92. The summed E-state index contributed by atoms with van der Waals surface area (Å²) < 4.78 is 14.2. The van der Waals surface area contributed by atoms with Gasteiger partial charge in [-0.25, -0.2) is 4.39 Å². The van der Waals surface area contributed by atoms with E-state index in [2.05, 4.69) is 52.1 Å². The summed E-state index contributed by atoms with van der Waals surface area (Å²) in [6.07, 6.45) is 2.01. The first-order valence-electron chi connectivity index (χ1n) is 8.95. The molecule has 1 aliphatic carbocycles. The van der Waals surface area contributed by atoms with E-state index in [4.69, 9.17) is 0 Å². The first-order chi connectivity index (χ1) is 12.6. The fourth-order valence-electron chi connectivity index (χ4n) is 3.27. The number of nitrogens with one attached hydrogen (secondary N) is 2. The fourth-order valence-corrected chi connectivity index (χ4v) is 4.19. The Morgan fingerprint density at radius 3 is 2.58 bits per heavy atom. The molecule has 1 unspecified atom stereocenters. The van der Waals surface area contributed by atoms with Crippen molar-refractivity contribution >= 4 is 17.3 Å². The third-order valence-electron chi connectivity index (χ3n) is 5.07. The fraction of sp³-hybridized carbons (Fsp3) is 0.450. The predicted octanol–water partition coefficient (Wildman–Crippen LogP) is 3.39. The summed E-state index contributed by atoms with van der Waals surface area (Å²) in [6.45, 7) is 1.46. The minimum Gasteiger partial charge on any atom is -0.356 e. The highest BCUT2D eigenvalue weighted by Gasteiger charge is 2.45. The highest BCUT2D eigenvalue weighted by Crippen LogP contribution is 2.48. The Morgan fingerprint density at radius 2 is 2.00 bits per heavy atom. The van der Waals surface area contributed by atoms with Crippen LogP contribution >= 0.6 is 11.3 Å². The molecule has 3 rings (SSSR count). The van der Waals surface area contributed by atoms with E-state index in [1.807, 2.05) is 12.1 Å². The number of likely N-dealkylation sites (N-methyl/N-ethyl adjacent to an activating group) is 1. The second-order valence-electron chi connectivity index (χ2n) is 7.06. The minimum absolute atomic E-state index is 0.0995. The van der Waals surface area contributed by atoms with E-state index in [1.165, 1.54) is 4.88 Å². The third-order valence-corrected chi connectivity index (χ3v) is 6.05. The largest absolute Gasteiger partial charge is 0.356 e. The molecule has 2 N–H and O–H groups in total. The van der Waals surface area contributed by atoms with Crippen LogP contribution < -0.4 is 10.6 Å². The van der Waals surface area contributed by atoms with Gasteiger partial charge in [-0.05, 0) is 50.0 Å². The number of guanidine groups is 1. The molecule has 0 bridgehead atoms. The van der Waals surface area contributed by atoms with Gasteiger partial charge in [-0.15, -0.1) is 11.3 Å². The molecule has 26 heavy (non-hydrogen) atoms. The lowest BCUT2D eigenvalue weighted by Crippen LogP contribution is -2.44. The summed E-state index contributed by atoms with van der Waals surface area (Å²) in [4.78, 5) is 7.86. The van der Waals surface area contributed by atoms with Crippen molar-refractivity contribution in [2.24, 2.45) is 4.99 Å². The van der Waals surface area contributed by atoms with Gasteiger partial charge in [-0.3, -0.25) is 4.99 Å². The number of thiophene rings is 1. The van der Waals surface area contributed by atoms with Crippen molar-refractivity contribution in [2.45, 2.75) is 24.3 Å². The third kappa shape index (κ3) is 4.24. The van der Waals surface area contributed by atoms with Crippen molar-refractivity contribution in [2.75, 3.05) is 34.2 Å². The quantitative estimate of drug-likeness (QED) is 0.576.